The monoisotopic (exact) mass is 406 g/mol. The van der Waals surface area contributed by atoms with Crippen LogP contribution in [0, 0.1) is 13.8 Å². The van der Waals surface area contributed by atoms with Crippen molar-refractivity contribution in [3.63, 3.8) is 0 Å². The molecule has 1 aliphatic rings. The van der Waals surface area contributed by atoms with Crippen LogP contribution in [-0.4, -0.2) is 58.6 Å². The van der Waals surface area contributed by atoms with Gasteiger partial charge in [-0.25, -0.2) is 0 Å². The SMILES string of the molecule is Cc1ccc(-c2noc(CN3CCN(C(=O)COc4cccc(C)c4)CC3)n2)cc1. The molecule has 1 saturated heterocycles. The first-order chi connectivity index (χ1) is 14.6. The van der Waals surface area contributed by atoms with Crippen molar-refractivity contribution in [1.29, 1.82) is 0 Å². The van der Waals surface area contributed by atoms with E-state index in [0.29, 0.717) is 31.3 Å². The van der Waals surface area contributed by atoms with E-state index in [0.717, 1.165) is 30.0 Å². The average Bonchev–Trinajstić information content (AvgIpc) is 3.21. The molecule has 0 radical (unpaired) electrons. The van der Waals surface area contributed by atoms with Crippen LogP contribution in [0.25, 0.3) is 11.4 Å². The fraction of sp³-hybridized carbons (Fsp3) is 0.348. The fourth-order valence-electron chi connectivity index (χ4n) is 3.43. The summed E-state index contributed by atoms with van der Waals surface area (Å²) in [7, 11) is 0. The van der Waals surface area contributed by atoms with Crippen LogP contribution in [0.4, 0.5) is 0 Å². The van der Waals surface area contributed by atoms with Gasteiger partial charge in [-0.05, 0) is 31.5 Å². The zero-order valence-electron chi connectivity index (χ0n) is 17.4. The summed E-state index contributed by atoms with van der Waals surface area (Å²) in [5.41, 5.74) is 3.25. The van der Waals surface area contributed by atoms with E-state index in [1.54, 1.807) is 0 Å². The maximum Gasteiger partial charge on any atom is 0.260 e. The van der Waals surface area contributed by atoms with E-state index in [-0.39, 0.29) is 12.5 Å². The highest BCUT2D eigenvalue weighted by Crippen LogP contribution is 2.17. The maximum absolute atomic E-state index is 12.4. The molecule has 2 heterocycles. The van der Waals surface area contributed by atoms with Gasteiger partial charge < -0.3 is 14.2 Å². The minimum atomic E-state index is 0.00982. The van der Waals surface area contributed by atoms with Gasteiger partial charge in [0.25, 0.3) is 5.91 Å². The highest BCUT2D eigenvalue weighted by atomic mass is 16.5. The summed E-state index contributed by atoms with van der Waals surface area (Å²) in [4.78, 5) is 21.0. The lowest BCUT2D eigenvalue weighted by molar-refractivity contribution is -0.135. The van der Waals surface area contributed by atoms with Crippen molar-refractivity contribution in [2.45, 2.75) is 20.4 Å². The molecule has 7 nitrogen and oxygen atoms in total. The van der Waals surface area contributed by atoms with E-state index in [2.05, 4.69) is 15.0 Å². The van der Waals surface area contributed by atoms with Gasteiger partial charge >= 0.3 is 0 Å². The molecule has 0 saturated carbocycles. The number of piperazine rings is 1. The van der Waals surface area contributed by atoms with Gasteiger partial charge in [0.2, 0.25) is 11.7 Å². The number of benzene rings is 2. The minimum Gasteiger partial charge on any atom is -0.484 e. The Kier molecular flexibility index (Phi) is 6.09. The van der Waals surface area contributed by atoms with Gasteiger partial charge in [-0.2, -0.15) is 4.98 Å². The first-order valence-corrected chi connectivity index (χ1v) is 10.2. The zero-order chi connectivity index (χ0) is 20.9. The molecule has 4 rings (SSSR count). The molecule has 1 aliphatic heterocycles. The Hall–Kier alpha value is -3.19. The van der Waals surface area contributed by atoms with E-state index in [1.807, 2.05) is 67.3 Å². The van der Waals surface area contributed by atoms with Crippen molar-refractivity contribution in [2.75, 3.05) is 32.8 Å². The van der Waals surface area contributed by atoms with Crippen molar-refractivity contribution in [3.05, 3.63) is 65.5 Å². The van der Waals surface area contributed by atoms with Crippen LogP contribution < -0.4 is 4.74 Å². The van der Waals surface area contributed by atoms with Gasteiger partial charge in [0.1, 0.15) is 5.75 Å². The number of hydrogen-bond donors (Lipinski definition) is 0. The number of rotatable bonds is 6. The molecule has 1 fully saturated rings. The molecular formula is C23H26N4O3. The van der Waals surface area contributed by atoms with Crippen LogP contribution >= 0.6 is 0 Å². The Morgan fingerprint density at radius 1 is 1.03 bits per heavy atom. The van der Waals surface area contributed by atoms with E-state index >= 15 is 0 Å². The lowest BCUT2D eigenvalue weighted by Gasteiger charge is -2.33. The molecule has 3 aromatic rings. The summed E-state index contributed by atoms with van der Waals surface area (Å²) >= 11 is 0. The lowest BCUT2D eigenvalue weighted by Crippen LogP contribution is -2.49. The van der Waals surface area contributed by atoms with Gasteiger partial charge in [0.15, 0.2) is 6.61 Å². The van der Waals surface area contributed by atoms with E-state index < -0.39 is 0 Å². The third-order valence-electron chi connectivity index (χ3n) is 5.21. The Labute approximate surface area is 176 Å². The number of hydrogen-bond acceptors (Lipinski definition) is 6. The van der Waals surface area contributed by atoms with Crippen LogP contribution in [-0.2, 0) is 11.3 Å². The number of carbonyl (C=O) groups excluding carboxylic acids is 1. The molecule has 0 aliphatic carbocycles. The third kappa shape index (κ3) is 5.04. The third-order valence-corrected chi connectivity index (χ3v) is 5.21. The van der Waals surface area contributed by atoms with Crippen LogP contribution in [0.5, 0.6) is 5.75 Å². The summed E-state index contributed by atoms with van der Waals surface area (Å²) < 4.78 is 11.1. The topological polar surface area (TPSA) is 71.7 Å². The normalized spacial score (nSPS) is 14.7. The molecule has 30 heavy (non-hydrogen) atoms. The summed E-state index contributed by atoms with van der Waals surface area (Å²) in [6, 6.07) is 15.8. The minimum absolute atomic E-state index is 0.00982. The fourth-order valence-corrected chi connectivity index (χ4v) is 3.43. The summed E-state index contributed by atoms with van der Waals surface area (Å²) in [6.07, 6.45) is 0. The average molecular weight is 406 g/mol. The summed E-state index contributed by atoms with van der Waals surface area (Å²) in [6.45, 7) is 7.54. The molecule has 0 atom stereocenters. The number of aryl methyl sites for hydroxylation is 2. The van der Waals surface area contributed by atoms with E-state index in [1.165, 1.54) is 5.56 Å². The van der Waals surface area contributed by atoms with Crippen molar-refractivity contribution in [1.82, 2.24) is 19.9 Å². The van der Waals surface area contributed by atoms with Gasteiger partial charge in [-0.1, -0.05) is 47.1 Å². The molecular weight excluding hydrogens is 380 g/mol. The summed E-state index contributed by atoms with van der Waals surface area (Å²) in [5, 5.41) is 4.09. The second-order valence-corrected chi connectivity index (χ2v) is 7.64. The molecule has 0 spiro atoms. The summed E-state index contributed by atoms with van der Waals surface area (Å²) in [5.74, 6) is 1.93. The maximum atomic E-state index is 12.4. The van der Waals surface area contributed by atoms with Gasteiger partial charge in [0, 0.05) is 31.7 Å². The Morgan fingerprint density at radius 2 is 1.80 bits per heavy atom. The van der Waals surface area contributed by atoms with E-state index in [9.17, 15) is 4.79 Å². The zero-order valence-corrected chi connectivity index (χ0v) is 17.4. The van der Waals surface area contributed by atoms with Crippen LogP contribution in [0.1, 0.15) is 17.0 Å². The van der Waals surface area contributed by atoms with E-state index in [4.69, 9.17) is 9.26 Å². The lowest BCUT2D eigenvalue weighted by atomic mass is 10.1. The standard InChI is InChI=1S/C23H26N4O3/c1-17-6-8-19(9-7-17)23-24-21(30-25-23)15-26-10-12-27(13-11-26)22(28)16-29-20-5-3-4-18(2)14-20/h3-9,14H,10-13,15-16H2,1-2H3. The quantitative estimate of drug-likeness (QED) is 0.627. The van der Waals surface area contributed by atoms with Crippen molar-refractivity contribution < 1.29 is 14.1 Å². The molecule has 0 unspecified atom stereocenters. The number of aromatic nitrogens is 2. The predicted octanol–water partition coefficient (Wildman–Crippen LogP) is 3.08. The highest BCUT2D eigenvalue weighted by Gasteiger charge is 2.23. The first-order valence-electron chi connectivity index (χ1n) is 10.2. The van der Waals surface area contributed by atoms with Crippen molar-refractivity contribution in [3.8, 4) is 17.1 Å². The van der Waals surface area contributed by atoms with Crippen molar-refractivity contribution >= 4 is 5.91 Å². The molecule has 156 valence electrons. The molecule has 1 aromatic heterocycles. The molecule has 0 bridgehead atoms. The van der Waals surface area contributed by atoms with Crippen molar-refractivity contribution in [2.24, 2.45) is 0 Å². The number of ether oxygens (including phenoxy) is 1. The first kappa shape index (κ1) is 20.1. The van der Waals surface area contributed by atoms with Crippen LogP contribution in [0.15, 0.2) is 53.1 Å². The van der Waals surface area contributed by atoms with Crippen LogP contribution in [0.2, 0.25) is 0 Å². The molecule has 1 amide bonds. The number of nitrogens with zero attached hydrogens (tertiary/aromatic N) is 4. The Bertz CT molecular complexity index is 992. The highest BCUT2D eigenvalue weighted by molar-refractivity contribution is 5.77. The Balaban J connectivity index is 1.24. The molecule has 2 aromatic carbocycles. The second-order valence-electron chi connectivity index (χ2n) is 7.64. The smallest absolute Gasteiger partial charge is 0.260 e. The molecule has 0 N–H and O–H groups in total. The second kappa shape index (κ2) is 9.09. The van der Waals surface area contributed by atoms with Crippen LogP contribution in [0.3, 0.4) is 0 Å². The number of amides is 1. The van der Waals surface area contributed by atoms with Gasteiger partial charge in [0.05, 0.1) is 6.54 Å². The Morgan fingerprint density at radius 3 is 2.53 bits per heavy atom. The largest absolute Gasteiger partial charge is 0.484 e. The molecule has 7 heteroatoms. The van der Waals surface area contributed by atoms with Gasteiger partial charge in [-0.15, -0.1) is 0 Å². The predicted molar refractivity (Wildman–Crippen MR) is 113 cm³/mol. The van der Waals surface area contributed by atoms with Gasteiger partial charge in [-0.3, -0.25) is 9.69 Å². The number of carbonyl (C=O) groups is 1.